The standard InChI is InChI=1S/C17H20F2N4O3/c1-3-5-8-23-14(20)13(15(24)21-17(23)26)22(4-2)16(25)10-6-7-11(18)12(19)9-10/h6-7,9H,3-5,8,20H2,1-2H3,(H,21,24,26). The number of aromatic amines is 1. The van der Waals surface area contributed by atoms with Crippen molar-refractivity contribution in [3.63, 3.8) is 0 Å². The first-order valence-corrected chi connectivity index (χ1v) is 8.21. The molecule has 0 saturated carbocycles. The number of aromatic nitrogens is 2. The molecule has 0 fully saturated rings. The summed E-state index contributed by atoms with van der Waals surface area (Å²) in [6, 6.07) is 2.69. The quantitative estimate of drug-likeness (QED) is 0.815. The Morgan fingerprint density at radius 1 is 1.23 bits per heavy atom. The number of nitrogens with two attached hydrogens (primary N) is 1. The van der Waals surface area contributed by atoms with Gasteiger partial charge in [0.25, 0.3) is 11.5 Å². The molecule has 0 aliphatic carbocycles. The Bertz CT molecular complexity index is 937. The summed E-state index contributed by atoms with van der Waals surface area (Å²) in [7, 11) is 0. The van der Waals surface area contributed by atoms with E-state index in [0.717, 1.165) is 29.5 Å². The van der Waals surface area contributed by atoms with E-state index in [1.165, 1.54) is 4.57 Å². The molecule has 1 aromatic carbocycles. The van der Waals surface area contributed by atoms with Crippen molar-refractivity contribution >= 4 is 17.4 Å². The van der Waals surface area contributed by atoms with E-state index < -0.39 is 28.8 Å². The van der Waals surface area contributed by atoms with Crippen molar-refractivity contribution in [2.24, 2.45) is 0 Å². The van der Waals surface area contributed by atoms with Crippen LogP contribution in [-0.4, -0.2) is 22.0 Å². The number of nitrogen functional groups attached to an aromatic ring is 1. The third kappa shape index (κ3) is 3.66. The van der Waals surface area contributed by atoms with Gasteiger partial charge >= 0.3 is 5.69 Å². The van der Waals surface area contributed by atoms with Crippen molar-refractivity contribution in [2.75, 3.05) is 17.2 Å². The van der Waals surface area contributed by atoms with Crippen LogP contribution in [0.15, 0.2) is 27.8 Å². The van der Waals surface area contributed by atoms with Crippen molar-refractivity contribution in [3.8, 4) is 0 Å². The lowest BCUT2D eigenvalue weighted by Gasteiger charge is -2.23. The summed E-state index contributed by atoms with van der Waals surface area (Å²) in [5, 5.41) is 0. The molecule has 2 aromatic rings. The average Bonchev–Trinajstić information content (AvgIpc) is 2.60. The molecule has 7 nitrogen and oxygen atoms in total. The maximum absolute atomic E-state index is 13.4. The van der Waals surface area contributed by atoms with Gasteiger partial charge in [-0.2, -0.15) is 0 Å². The fourth-order valence-corrected chi connectivity index (χ4v) is 2.56. The second kappa shape index (κ2) is 7.94. The lowest BCUT2D eigenvalue weighted by atomic mass is 10.1. The minimum Gasteiger partial charge on any atom is -0.383 e. The number of hydrogen-bond donors (Lipinski definition) is 2. The van der Waals surface area contributed by atoms with Crippen LogP contribution in [0.1, 0.15) is 37.0 Å². The van der Waals surface area contributed by atoms with Gasteiger partial charge in [0.05, 0.1) is 0 Å². The zero-order valence-corrected chi connectivity index (χ0v) is 14.5. The number of rotatable bonds is 6. The van der Waals surface area contributed by atoms with E-state index in [1.54, 1.807) is 6.92 Å². The molecule has 0 spiro atoms. The largest absolute Gasteiger partial charge is 0.383 e. The molecule has 0 aliphatic heterocycles. The number of H-pyrrole nitrogens is 1. The molecule has 0 unspecified atom stereocenters. The number of amides is 1. The monoisotopic (exact) mass is 366 g/mol. The SMILES string of the molecule is CCCCn1c(N)c(N(CC)C(=O)c2ccc(F)c(F)c2)c(=O)[nH]c1=O. The Morgan fingerprint density at radius 3 is 2.50 bits per heavy atom. The van der Waals surface area contributed by atoms with Gasteiger partial charge in [-0.1, -0.05) is 13.3 Å². The van der Waals surface area contributed by atoms with Crippen LogP contribution in [0.5, 0.6) is 0 Å². The van der Waals surface area contributed by atoms with Gasteiger partial charge in [0, 0.05) is 18.7 Å². The Kier molecular flexibility index (Phi) is 5.91. The smallest absolute Gasteiger partial charge is 0.330 e. The fraction of sp³-hybridized carbons (Fsp3) is 0.353. The molecule has 2 rings (SSSR count). The highest BCUT2D eigenvalue weighted by molar-refractivity contribution is 6.07. The van der Waals surface area contributed by atoms with Crippen LogP contribution in [0.25, 0.3) is 0 Å². The minimum absolute atomic E-state index is 0.0388. The second-order valence-corrected chi connectivity index (χ2v) is 5.68. The van der Waals surface area contributed by atoms with E-state index in [0.29, 0.717) is 6.42 Å². The van der Waals surface area contributed by atoms with Gasteiger partial charge in [-0.3, -0.25) is 19.1 Å². The Morgan fingerprint density at radius 2 is 1.92 bits per heavy atom. The number of anilines is 2. The van der Waals surface area contributed by atoms with Crippen molar-refractivity contribution in [1.82, 2.24) is 9.55 Å². The molecule has 3 N–H and O–H groups in total. The fourth-order valence-electron chi connectivity index (χ4n) is 2.56. The third-order valence-electron chi connectivity index (χ3n) is 3.95. The van der Waals surface area contributed by atoms with E-state index >= 15 is 0 Å². The highest BCUT2D eigenvalue weighted by atomic mass is 19.2. The Balaban J connectivity index is 2.55. The summed E-state index contributed by atoms with van der Waals surface area (Å²) in [5.74, 6) is -3.15. The van der Waals surface area contributed by atoms with Gasteiger partial charge in [0.2, 0.25) is 0 Å². The number of hydrogen-bond acceptors (Lipinski definition) is 4. The first-order valence-electron chi connectivity index (χ1n) is 8.21. The van der Waals surface area contributed by atoms with Gasteiger partial charge < -0.3 is 10.6 Å². The van der Waals surface area contributed by atoms with Crippen molar-refractivity contribution < 1.29 is 13.6 Å². The number of benzene rings is 1. The molecule has 0 atom stereocenters. The lowest BCUT2D eigenvalue weighted by Crippen LogP contribution is -2.41. The van der Waals surface area contributed by atoms with Crippen molar-refractivity contribution in [2.45, 2.75) is 33.2 Å². The highest BCUT2D eigenvalue weighted by Crippen LogP contribution is 2.20. The van der Waals surface area contributed by atoms with Crippen LogP contribution in [0, 0.1) is 11.6 Å². The molecule has 0 aliphatic rings. The molecular formula is C17H20F2N4O3. The van der Waals surface area contributed by atoms with Gasteiger partial charge in [0.1, 0.15) is 5.82 Å². The van der Waals surface area contributed by atoms with Crippen LogP contribution >= 0.6 is 0 Å². The number of nitrogens with zero attached hydrogens (tertiary/aromatic N) is 2. The molecule has 0 radical (unpaired) electrons. The van der Waals surface area contributed by atoms with E-state index in [9.17, 15) is 23.2 Å². The minimum atomic E-state index is -1.18. The molecule has 9 heteroatoms. The number of unbranched alkanes of at least 4 members (excludes halogenated alkanes) is 1. The number of nitrogens with one attached hydrogen (secondary N) is 1. The van der Waals surface area contributed by atoms with Gasteiger partial charge in [-0.15, -0.1) is 0 Å². The summed E-state index contributed by atoms with van der Waals surface area (Å²) in [4.78, 5) is 40.1. The zero-order chi connectivity index (χ0) is 19.4. The van der Waals surface area contributed by atoms with Crippen LogP contribution in [0.4, 0.5) is 20.3 Å². The van der Waals surface area contributed by atoms with E-state index in [1.807, 2.05) is 6.92 Å². The molecule has 140 valence electrons. The molecular weight excluding hydrogens is 346 g/mol. The van der Waals surface area contributed by atoms with Crippen LogP contribution in [-0.2, 0) is 6.54 Å². The molecule has 26 heavy (non-hydrogen) atoms. The van der Waals surface area contributed by atoms with Crippen molar-refractivity contribution in [1.29, 1.82) is 0 Å². The zero-order valence-electron chi connectivity index (χ0n) is 14.5. The predicted molar refractivity (Wildman–Crippen MR) is 94.4 cm³/mol. The average molecular weight is 366 g/mol. The summed E-state index contributed by atoms with van der Waals surface area (Å²) in [6.07, 6.45) is 1.45. The molecule has 0 saturated heterocycles. The van der Waals surface area contributed by atoms with Crippen LogP contribution < -0.4 is 21.9 Å². The van der Waals surface area contributed by atoms with Crippen LogP contribution in [0.2, 0.25) is 0 Å². The van der Waals surface area contributed by atoms with E-state index in [-0.39, 0.29) is 30.2 Å². The summed E-state index contributed by atoms with van der Waals surface area (Å²) in [6.45, 7) is 3.84. The van der Waals surface area contributed by atoms with Gasteiger partial charge in [-0.25, -0.2) is 13.6 Å². The molecule has 1 aromatic heterocycles. The molecule has 1 heterocycles. The highest BCUT2D eigenvalue weighted by Gasteiger charge is 2.24. The van der Waals surface area contributed by atoms with Crippen molar-refractivity contribution in [3.05, 3.63) is 56.2 Å². The van der Waals surface area contributed by atoms with Gasteiger partial charge in [0.15, 0.2) is 17.3 Å². The van der Waals surface area contributed by atoms with E-state index in [2.05, 4.69) is 4.98 Å². The third-order valence-corrected chi connectivity index (χ3v) is 3.95. The van der Waals surface area contributed by atoms with Gasteiger partial charge in [-0.05, 0) is 31.5 Å². The molecule has 1 amide bonds. The first kappa shape index (κ1) is 19.4. The number of carbonyl (C=O) groups excluding carboxylic acids is 1. The summed E-state index contributed by atoms with van der Waals surface area (Å²) >= 11 is 0. The van der Waals surface area contributed by atoms with E-state index in [4.69, 9.17) is 5.73 Å². The summed E-state index contributed by atoms with van der Waals surface area (Å²) in [5.41, 5.74) is 4.16. The maximum atomic E-state index is 13.4. The Hall–Kier alpha value is -2.97. The topological polar surface area (TPSA) is 101 Å². The Labute approximate surface area is 148 Å². The maximum Gasteiger partial charge on any atom is 0.330 e. The lowest BCUT2D eigenvalue weighted by molar-refractivity contribution is 0.0987. The number of halogens is 2. The summed E-state index contributed by atoms with van der Waals surface area (Å²) < 4.78 is 27.7. The second-order valence-electron chi connectivity index (χ2n) is 5.68. The van der Waals surface area contributed by atoms with Crippen LogP contribution in [0.3, 0.4) is 0 Å². The predicted octanol–water partition coefficient (Wildman–Crippen LogP) is 1.86. The number of carbonyl (C=O) groups is 1. The molecule has 0 bridgehead atoms. The first-order chi connectivity index (χ1) is 12.3. The normalized spacial score (nSPS) is 10.8.